The second-order valence-corrected chi connectivity index (χ2v) is 6.14. The van der Waals surface area contributed by atoms with Crippen LogP contribution in [0, 0.1) is 0 Å². The van der Waals surface area contributed by atoms with Crippen LogP contribution in [0.5, 0.6) is 17.2 Å². The molecule has 0 atom stereocenters. The number of hydrogen-bond donors (Lipinski definition) is 1. The Morgan fingerprint density at radius 1 is 1.04 bits per heavy atom. The van der Waals surface area contributed by atoms with E-state index >= 15 is 0 Å². The van der Waals surface area contributed by atoms with Gasteiger partial charge < -0.3 is 14.6 Å². The molecule has 2 aromatic carbocycles. The van der Waals surface area contributed by atoms with E-state index in [0.29, 0.717) is 27.7 Å². The molecule has 25 heavy (non-hydrogen) atoms. The Kier molecular flexibility index (Phi) is 4.67. The van der Waals surface area contributed by atoms with Gasteiger partial charge in [-0.25, -0.2) is 4.90 Å². The first-order valence-corrected chi connectivity index (χ1v) is 8.14. The number of imide groups is 1. The van der Waals surface area contributed by atoms with Gasteiger partial charge in [0.1, 0.15) is 5.75 Å². The van der Waals surface area contributed by atoms with E-state index in [4.69, 9.17) is 9.47 Å². The molecule has 6 nitrogen and oxygen atoms in total. The zero-order valence-electron chi connectivity index (χ0n) is 13.6. The molecule has 0 bridgehead atoms. The number of phenols is 1. The molecule has 1 N–H and O–H groups in total. The third kappa shape index (κ3) is 3.32. The van der Waals surface area contributed by atoms with Gasteiger partial charge in [0.25, 0.3) is 11.1 Å². The summed E-state index contributed by atoms with van der Waals surface area (Å²) in [6.45, 7) is 0. The Hall–Kier alpha value is -2.93. The molecule has 0 unspecified atom stereocenters. The Balaban J connectivity index is 1.93. The molecule has 0 aromatic heterocycles. The summed E-state index contributed by atoms with van der Waals surface area (Å²) < 4.78 is 10.4. The van der Waals surface area contributed by atoms with Gasteiger partial charge in [-0.15, -0.1) is 0 Å². The number of benzene rings is 2. The minimum atomic E-state index is -0.435. The number of aromatic hydroxyl groups is 1. The maximum absolute atomic E-state index is 12.6. The summed E-state index contributed by atoms with van der Waals surface area (Å²) in [6, 6.07) is 11.2. The minimum Gasteiger partial charge on any atom is -0.508 e. The summed E-state index contributed by atoms with van der Waals surface area (Å²) in [5, 5.41) is 9.14. The van der Waals surface area contributed by atoms with E-state index in [1.165, 1.54) is 26.4 Å². The molecule has 3 rings (SSSR count). The molecule has 1 heterocycles. The van der Waals surface area contributed by atoms with E-state index in [9.17, 15) is 14.7 Å². The number of anilines is 1. The lowest BCUT2D eigenvalue weighted by atomic mass is 10.2. The van der Waals surface area contributed by atoms with Crippen molar-refractivity contribution in [2.24, 2.45) is 0 Å². The Morgan fingerprint density at radius 2 is 1.80 bits per heavy atom. The lowest BCUT2D eigenvalue weighted by molar-refractivity contribution is -0.113. The van der Waals surface area contributed by atoms with Crippen molar-refractivity contribution < 1.29 is 24.2 Å². The lowest BCUT2D eigenvalue weighted by Gasteiger charge is -2.12. The average molecular weight is 357 g/mol. The number of ether oxygens (including phenoxy) is 2. The molecule has 1 aliphatic heterocycles. The van der Waals surface area contributed by atoms with E-state index in [1.807, 2.05) is 0 Å². The maximum Gasteiger partial charge on any atom is 0.298 e. The van der Waals surface area contributed by atoms with Crippen molar-refractivity contribution in [1.29, 1.82) is 0 Å². The number of hydrogen-bond acceptors (Lipinski definition) is 6. The summed E-state index contributed by atoms with van der Waals surface area (Å²) >= 11 is 0.846. The van der Waals surface area contributed by atoms with Gasteiger partial charge >= 0.3 is 0 Å². The van der Waals surface area contributed by atoms with Crippen LogP contribution in [-0.4, -0.2) is 30.5 Å². The first-order valence-electron chi connectivity index (χ1n) is 7.32. The van der Waals surface area contributed by atoms with Crippen molar-refractivity contribution in [3.05, 3.63) is 52.9 Å². The number of carbonyl (C=O) groups excluding carboxylic acids is 2. The first kappa shape index (κ1) is 16.9. The largest absolute Gasteiger partial charge is 0.508 e. The van der Waals surface area contributed by atoms with Crippen LogP contribution in [0.1, 0.15) is 5.56 Å². The Morgan fingerprint density at radius 3 is 2.48 bits per heavy atom. The third-order valence-electron chi connectivity index (χ3n) is 3.59. The maximum atomic E-state index is 12.6. The van der Waals surface area contributed by atoms with E-state index in [2.05, 4.69) is 0 Å². The van der Waals surface area contributed by atoms with E-state index < -0.39 is 11.1 Å². The monoisotopic (exact) mass is 357 g/mol. The van der Waals surface area contributed by atoms with Gasteiger partial charge in [-0.1, -0.05) is 12.1 Å². The highest BCUT2D eigenvalue weighted by atomic mass is 32.2. The van der Waals surface area contributed by atoms with Crippen LogP contribution in [-0.2, 0) is 4.79 Å². The smallest absolute Gasteiger partial charge is 0.298 e. The molecule has 128 valence electrons. The SMILES string of the molecule is COc1ccc(C=C2SC(=O)N(c3cccc(O)c3)C2=O)cc1OC. The normalized spacial score (nSPS) is 15.8. The van der Waals surface area contributed by atoms with Crippen molar-refractivity contribution in [2.75, 3.05) is 19.1 Å². The van der Waals surface area contributed by atoms with Crippen molar-refractivity contribution in [3.63, 3.8) is 0 Å². The van der Waals surface area contributed by atoms with E-state index in [-0.39, 0.29) is 5.75 Å². The fourth-order valence-electron chi connectivity index (χ4n) is 2.42. The van der Waals surface area contributed by atoms with Crippen LogP contribution in [0.4, 0.5) is 10.5 Å². The van der Waals surface area contributed by atoms with E-state index in [1.54, 1.807) is 36.4 Å². The fourth-order valence-corrected chi connectivity index (χ4v) is 3.26. The van der Waals surface area contributed by atoms with Crippen molar-refractivity contribution in [1.82, 2.24) is 0 Å². The summed E-state index contributed by atoms with van der Waals surface area (Å²) in [7, 11) is 3.07. The van der Waals surface area contributed by atoms with Crippen LogP contribution < -0.4 is 14.4 Å². The van der Waals surface area contributed by atoms with Gasteiger partial charge in [-0.05, 0) is 47.7 Å². The number of carbonyl (C=O) groups is 2. The van der Waals surface area contributed by atoms with Gasteiger partial charge in [0, 0.05) is 6.07 Å². The van der Waals surface area contributed by atoms with Crippen LogP contribution in [0.2, 0.25) is 0 Å². The molecular formula is C18H15NO5S. The lowest BCUT2D eigenvalue weighted by Crippen LogP contribution is -2.27. The first-order chi connectivity index (χ1) is 12.0. The van der Waals surface area contributed by atoms with Crippen molar-refractivity contribution in [3.8, 4) is 17.2 Å². The summed E-state index contributed by atoms with van der Waals surface area (Å²) in [4.78, 5) is 26.1. The number of amides is 2. The zero-order chi connectivity index (χ0) is 18.0. The van der Waals surface area contributed by atoms with Gasteiger partial charge in [-0.3, -0.25) is 9.59 Å². The topological polar surface area (TPSA) is 76.1 Å². The van der Waals surface area contributed by atoms with E-state index in [0.717, 1.165) is 16.7 Å². The molecule has 0 spiro atoms. The predicted octanol–water partition coefficient (Wildman–Crippen LogP) is 3.65. The highest BCUT2D eigenvalue weighted by Crippen LogP contribution is 2.37. The van der Waals surface area contributed by atoms with Crippen LogP contribution in [0.25, 0.3) is 6.08 Å². The Labute approximate surface area is 148 Å². The van der Waals surface area contributed by atoms with Gasteiger partial charge in [0.05, 0.1) is 24.8 Å². The van der Waals surface area contributed by atoms with Gasteiger partial charge in [-0.2, -0.15) is 0 Å². The second kappa shape index (κ2) is 6.90. The highest BCUT2D eigenvalue weighted by Gasteiger charge is 2.36. The minimum absolute atomic E-state index is 0.0135. The molecular weight excluding hydrogens is 342 g/mol. The summed E-state index contributed by atoms with van der Waals surface area (Å²) in [5.41, 5.74) is 1.04. The average Bonchev–Trinajstić information content (AvgIpc) is 2.88. The number of nitrogens with zero attached hydrogens (tertiary/aromatic N) is 1. The van der Waals surface area contributed by atoms with Crippen LogP contribution >= 0.6 is 11.8 Å². The molecule has 1 aliphatic rings. The second-order valence-electron chi connectivity index (χ2n) is 5.15. The van der Waals surface area contributed by atoms with Crippen molar-refractivity contribution in [2.45, 2.75) is 0 Å². The number of phenolic OH excluding ortho intramolecular Hbond substituents is 1. The molecule has 7 heteroatoms. The fraction of sp³-hybridized carbons (Fsp3) is 0.111. The van der Waals surface area contributed by atoms with Crippen LogP contribution in [0.3, 0.4) is 0 Å². The molecule has 0 aliphatic carbocycles. The molecule has 1 fully saturated rings. The molecule has 2 aromatic rings. The highest BCUT2D eigenvalue weighted by molar-refractivity contribution is 8.19. The molecule has 0 saturated carbocycles. The molecule has 2 amide bonds. The molecule has 1 saturated heterocycles. The zero-order valence-corrected chi connectivity index (χ0v) is 14.4. The number of methoxy groups -OCH3 is 2. The summed E-state index contributed by atoms with van der Waals surface area (Å²) in [5.74, 6) is 0.659. The standard InChI is InChI=1S/C18H15NO5S/c1-23-14-7-6-11(8-15(14)24-2)9-16-17(21)19(18(22)25-16)12-4-3-5-13(20)10-12/h3-10,20H,1-2H3. The Bertz CT molecular complexity index is 878. The molecule has 0 radical (unpaired) electrons. The summed E-state index contributed by atoms with van der Waals surface area (Å²) in [6.07, 6.45) is 1.62. The number of rotatable bonds is 4. The quantitative estimate of drug-likeness (QED) is 0.842. The van der Waals surface area contributed by atoms with Gasteiger partial charge in [0.2, 0.25) is 0 Å². The predicted molar refractivity (Wildman–Crippen MR) is 96.1 cm³/mol. The number of thioether (sulfide) groups is 1. The van der Waals surface area contributed by atoms with Crippen LogP contribution in [0.15, 0.2) is 47.4 Å². The third-order valence-corrected chi connectivity index (χ3v) is 4.46. The van der Waals surface area contributed by atoms with Gasteiger partial charge in [0.15, 0.2) is 11.5 Å². The van der Waals surface area contributed by atoms with Crippen molar-refractivity contribution >= 4 is 34.7 Å².